The van der Waals surface area contributed by atoms with E-state index >= 15 is 0 Å². The van der Waals surface area contributed by atoms with Gasteiger partial charge >= 0.3 is 0 Å². The fourth-order valence-electron chi connectivity index (χ4n) is 2.55. The van der Waals surface area contributed by atoms with Crippen LogP contribution in [-0.2, 0) is 4.79 Å². The summed E-state index contributed by atoms with van der Waals surface area (Å²) >= 11 is 5.95. The van der Waals surface area contributed by atoms with Crippen molar-refractivity contribution < 1.29 is 9.18 Å². The van der Waals surface area contributed by atoms with Gasteiger partial charge in [0.15, 0.2) is 0 Å². The van der Waals surface area contributed by atoms with Gasteiger partial charge in [-0.15, -0.1) is 0 Å². The number of rotatable bonds is 2. The number of benzene rings is 2. The summed E-state index contributed by atoms with van der Waals surface area (Å²) in [4.78, 5) is 12.5. The summed E-state index contributed by atoms with van der Waals surface area (Å²) in [6.45, 7) is 0.742. The zero-order valence-corrected chi connectivity index (χ0v) is 12.0. The van der Waals surface area contributed by atoms with Gasteiger partial charge in [-0.05, 0) is 36.2 Å². The normalized spacial score (nSPS) is 16.8. The fourth-order valence-corrected chi connectivity index (χ4v) is 2.77. The number of carbonyl (C=O) groups excluding carboxylic acids is 1. The Kier molecular flexibility index (Phi) is 3.80. The van der Waals surface area contributed by atoms with E-state index in [0.717, 1.165) is 17.8 Å². The van der Waals surface area contributed by atoms with Crippen molar-refractivity contribution in [3.63, 3.8) is 0 Å². The molecule has 1 atom stereocenters. The Bertz CT molecular complexity index is 690. The van der Waals surface area contributed by atoms with Crippen molar-refractivity contribution in [2.24, 2.45) is 0 Å². The highest BCUT2D eigenvalue weighted by Gasteiger charge is 2.26. The van der Waals surface area contributed by atoms with Gasteiger partial charge in [0.05, 0.1) is 16.6 Å². The molecule has 3 nitrogen and oxygen atoms in total. The van der Waals surface area contributed by atoms with Gasteiger partial charge in [-0.25, -0.2) is 4.39 Å². The average Bonchev–Trinajstić information content (AvgIpc) is 2.49. The molecule has 1 heterocycles. The molecule has 2 aromatic rings. The van der Waals surface area contributed by atoms with Crippen LogP contribution < -0.4 is 10.6 Å². The average molecular weight is 305 g/mol. The number of anilines is 2. The van der Waals surface area contributed by atoms with Crippen LogP contribution in [0.2, 0.25) is 5.02 Å². The molecule has 3 rings (SSSR count). The third kappa shape index (κ3) is 2.85. The van der Waals surface area contributed by atoms with E-state index in [9.17, 15) is 9.18 Å². The second-order valence-corrected chi connectivity index (χ2v) is 5.38. The molecule has 2 N–H and O–H groups in total. The molecule has 0 aliphatic carbocycles. The fraction of sp³-hybridized carbons (Fsp3) is 0.188. The first kappa shape index (κ1) is 13.9. The molecule has 1 unspecified atom stereocenters. The number of halogens is 2. The lowest BCUT2D eigenvalue weighted by Gasteiger charge is -2.26. The van der Waals surface area contributed by atoms with Crippen LogP contribution in [0.4, 0.5) is 15.8 Å². The van der Waals surface area contributed by atoms with Crippen LogP contribution in [0.15, 0.2) is 42.5 Å². The molecular weight excluding hydrogens is 291 g/mol. The molecular formula is C16H14ClFN2O. The van der Waals surface area contributed by atoms with Crippen molar-refractivity contribution in [2.75, 3.05) is 17.2 Å². The molecule has 0 saturated carbocycles. The van der Waals surface area contributed by atoms with Gasteiger partial charge in [0.2, 0.25) is 5.91 Å². The largest absolute Gasteiger partial charge is 0.385 e. The maximum atomic E-state index is 13.0. The Labute approximate surface area is 127 Å². The molecule has 21 heavy (non-hydrogen) atoms. The molecule has 1 aliphatic rings. The number of carbonyl (C=O) groups is 1. The smallest absolute Gasteiger partial charge is 0.232 e. The molecule has 0 spiro atoms. The van der Waals surface area contributed by atoms with Crippen LogP contribution in [0.1, 0.15) is 17.9 Å². The van der Waals surface area contributed by atoms with Crippen LogP contribution in [0.5, 0.6) is 0 Å². The number of fused-ring (bicyclic) bond motifs is 1. The minimum Gasteiger partial charge on any atom is -0.385 e. The van der Waals surface area contributed by atoms with Crippen LogP contribution >= 0.6 is 11.6 Å². The SMILES string of the molecule is O=C(Nc1ccc(F)cc1Cl)C1CCNc2ccccc21. The Balaban J connectivity index is 1.83. The van der Waals surface area contributed by atoms with Crippen LogP contribution in [0.3, 0.4) is 0 Å². The molecule has 0 aromatic heterocycles. The summed E-state index contributed by atoms with van der Waals surface area (Å²) in [5.74, 6) is -0.786. The van der Waals surface area contributed by atoms with Crippen LogP contribution in [0.25, 0.3) is 0 Å². The molecule has 108 valence electrons. The minimum atomic E-state index is -0.426. The Hall–Kier alpha value is -2.07. The van der Waals surface area contributed by atoms with Crippen LogP contribution in [0, 0.1) is 5.82 Å². The van der Waals surface area contributed by atoms with E-state index in [4.69, 9.17) is 11.6 Å². The molecule has 0 bridgehead atoms. The third-order valence-electron chi connectivity index (χ3n) is 3.59. The number of hydrogen-bond donors (Lipinski definition) is 2. The molecule has 1 aliphatic heterocycles. The van der Waals surface area contributed by atoms with E-state index in [2.05, 4.69) is 10.6 Å². The second kappa shape index (κ2) is 5.74. The maximum absolute atomic E-state index is 13.0. The van der Waals surface area contributed by atoms with E-state index in [1.54, 1.807) is 0 Å². The first-order valence-electron chi connectivity index (χ1n) is 6.74. The molecule has 0 saturated heterocycles. The summed E-state index contributed by atoms with van der Waals surface area (Å²) in [6, 6.07) is 11.7. The lowest BCUT2D eigenvalue weighted by molar-refractivity contribution is -0.117. The zero-order chi connectivity index (χ0) is 14.8. The van der Waals surface area contributed by atoms with E-state index in [0.29, 0.717) is 12.1 Å². The number of para-hydroxylation sites is 1. The summed E-state index contributed by atoms with van der Waals surface area (Å²) in [7, 11) is 0. The third-order valence-corrected chi connectivity index (χ3v) is 3.90. The highest BCUT2D eigenvalue weighted by molar-refractivity contribution is 6.33. The maximum Gasteiger partial charge on any atom is 0.232 e. The van der Waals surface area contributed by atoms with Gasteiger partial charge in [0.25, 0.3) is 0 Å². The highest BCUT2D eigenvalue weighted by atomic mass is 35.5. The van der Waals surface area contributed by atoms with Crippen LogP contribution in [-0.4, -0.2) is 12.5 Å². The summed E-state index contributed by atoms with van der Waals surface area (Å²) in [6.07, 6.45) is 0.710. The molecule has 1 amide bonds. The van der Waals surface area contributed by atoms with E-state index in [1.165, 1.54) is 18.2 Å². The predicted octanol–water partition coefficient (Wildman–Crippen LogP) is 4.02. The van der Waals surface area contributed by atoms with E-state index < -0.39 is 5.82 Å². The predicted molar refractivity (Wildman–Crippen MR) is 82.3 cm³/mol. The number of nitrogens with one attached hydrogen (secondary N) is 2. The lowest BCUT2D eigenvalue weighted by Crippen LogP contribution is -2.27. The first-order chi connectivity index (χ1) is 10.1. The van der Waals surface area contributed by atoms with Crippen molar-refractivity contribution in [1.29, 1.82) is 0 Å². The monoisotopic (exact) mass is 304 g/mol. The summed E-state index contributed by atoms with van der Waals surface area (Å²) in [5.41, 5.74) is 2.38. The van der Waals surface area contributed by atoms with Gasteiger partial charge in [-0.1, -0.05) is 29.8 Å². The molecule has 5 heteroatoms. The Morgan fingerprint density at radius 1 is 1.29 bits per heavy atom. The van der Waals surface area contributed by atoms with Crippen molar-refractivity contribution in [3.8, 4) is 0 Å². The van der Waals surface area contributed by atoms with Gasteiger partial charge in [-0.2, -0.15) is 0 Å². The van der Waals surface area contributed by atoms with Gasteiger partial charge in [-0.3, -0.25) is 4.79 Å². The van der Waals surface area contributed by atoms with Gasteiger partial charge < -0.3 is 10.6 Å². The van der Waals surface area contributed by atoms with Crippen molar-refractivity contribution >= 4 is 28.9 Å². The summed E-state index contributed by atoms with van der Waals surface area (Å²) < 4.78 is 13.0. The zero-order valence-electron chi connectivity index (χ0n) is 11.2. The van der Waals surface area contributed by atoms with E-state index in [1.807, 2.05) is 24.3 Å². The second-order valence-electron chi connectivity index (χ2n) is 4.97. The van der Waals surface area contributed by atoms with Crippen molar-refractivity contribution in [3.05, 3.63) is 58.9 Å². The Morgan fingerprint density at radius 3 is 2.90 bits per heavy atom. The Morgan fingerprint density at radius 2 is 2.10 bits per heavy atom. The highest BCUT2D eigenvalue weighted by Crippen LogP contribution is 2.33. The summed E-state index contributed by atoms with van der Waals surface area (Å²) in [5, 5.41) is 6.26. The van der Waals surface area contributed by atoms with Gasteiger partial charge in [0.1, 0.15) is 5.82 Å². The van der Waals surface area contributed by atoms with Gasteiger partial charge in [0, 0.05) is 12.2 Å². The topological polar surface area (TPSA) is 41.1 Å². The molecule has 0 fully saturated rings. The standard InChI is InChI=1S/C16H14ClFN2O/c17-13-9-10(18)5-6-15(13)20-16(21)12-7-8-19-14-4-2-1-3-11(12)14/h1-6,9,12,19H,7-8H2,(H,20,21). The minimum absolute atomic E-state index is 0.127. The quantitative estimate of drug-likeness (QED) is 0.880. The van der Waals surface area contributed by atoms with Crippen molar-refractivity contribution in [2.45, 2.75) is 12.3 Å². The lowest BCUT2D eigenvalue weighted by atomic mass is 9.90. The molecule has 0 radical (unpaired) electrons. The number of amides is 1. The molecule has 2 aromatic carbocycles. The number of hydrogen-bond acceptors (Lipinski definition) is 2. The van der Waals surface area contributed by atoms with Crippen molar-refractivity contribution in [1.82, 2.24) is 0 Å². The first-order valence-corrected chi connectivity index (χ1v) is 7.11. The van der Waals surface area contributed by atoms with E-state index in [-0.39, 0.29) is 16.8 Å².